The minimum atomic E-state index is -0.788. The molecule has 0 saturated heterocycles. The number of hydrogen-bond donors (Lipinski definition) is 1. The first-order chi connectivity index (χ1) is 39.6. The van der Waals surface area contributed by atoms with Crippen molar-refractivity contribution in [1.82, 2.24) is 0 Å². The predicted octanol–water partition coefficient (Wildman–Crippen LogP) is 22.9. The van der Waals surface area contributed by atoms with Gasteiger partial charge in [0.1, 0.15) is 6.61 Å². The summed E-state index contributed by atoms with van der Waals surface area (Å²) in [5, 5.41) is 9.69. The molecule has 5 heteroatoms. The van der Waals surface area contributed by atoms with Gasteiger partial charge in [-0.3, -0.25) is 9.59 Å². The Hall–Kier alpha value is -4.74. The van der Waals surface area contributed by atoms with Crippen molar-refractivity contribution >= 4 is 11.9 Å². The lowest BCUT2D eigenvalue weighted by Crippen LogP contribution is -2.28. The van der Waals surface area contributed by atoms with Crippen molar-refractivity contribution in [1.29, 1.82) is 0 Å². The summed E-state index contributed by atoms with van der Waals surface area (Å²) in [6.07, 6.45) is 106. The molecule has 1 N–H and O–H groups in total. The molecule has 1 atom stereocenters. The van der Waals surface area contributed by atoms with Gasteiger partial charge in [0.05, 0.1) is 6.61 Å². The van der Waals surface area contributed by atoms with Crippen LogP contribution in [0.2, 0.25) is 0 Å². The largest absolute Gasteiger partial charge is 0.462 e. The number of hydrogen-bond acceptors (Lipinski definition) is 5. The van der Waals surface area contributed by atoms with Crippen LogP contribution in [0.15, 0.2) is 170 Å². The molecule has 0 spiro atoms. The number of ether oxygens (including phenoxy) is 2. The van der Waals surface area contributed by atoms with Crippen LogP contribution in [0, 0.1) is 0 Å². The third-order valence-corrected chi connectivity index (χ3v) is 13.5. The van der Waals surface area contributed by atoms with Gasteiger partial charge in [-0.15, -0.1) is 0 Å². The first kappa shape index (κ1) is 75.3. The lowest BCUT2D eigenvalue weighted by atomic mass is 10.0. The number of carbonyl (C=O) groups is 2. The van der Waals surface area contributed by atoms with E-state index in [2.05, 4.69) is 184 Å². The zero-order chi connectivity index (χ0) is 57.6. The number of rotatable bonds is 58. The zero-order valence-electron chi connectivity index (χ0n) is 51.5. The van der Waals surface area contributed by atoms with Gasteiger partial charge in [0.25, 0.3) is 0 Å². The van der Waals surface area contributed by atoms with Gasteiger partial charge < -0.3 is 14.6 Å². The zero-order valence-corrected chi connectivity index (χ0v) is 51.5. The molecule has 0 aromatic heterocycles. The van der Waals surface area contributed by atoms with E-state index in [4.69, 9.17) is 9.47 Å². The summed E-state index contributed by atoms with van der Waals surface area (Å²) in [5.74, 6) is -0.603. The molecule has 1 unspecified atom stereocenters. The van der Waals surface area contributed by atoms with Crippen LogP contribution in [0.25, 0.3) is 0 Å². The third-order valence-electron chi connectivity index (χ3n) is 13.5. The van der Waals surface area contributed by atoms with Crippen LogP contribution in [-0.2, 0) is 19.1 Å². The normalized spacial score (nSPS) is 13.4. The lowest BCUT2D eigenvalue weighted by Gasteiger charge is -2.15. The van der Waals surface area contributed by atoms with E-state index >= 15 is 0 Å². The second kappa shape index (κ2) is 68.5. The monoisotopic (exact) mass is 1100 g/mol. The van der Waals surface area contributed by atoms with Crippen LogP contribution in [0.5, 0.6) is 0 Å². The molecule has 0 saturated carbocycles. The number of unbranched alkanes of at least 4 members (excludes halogenated alkanes) is 22. The molecule has 0 bridgehead atoms. The minimum Gasteiger partial charge on any atom is -0.462 e. The van der Waals surface area contributed by atoms with Gasteiger partial charge >= 0.3 is 11.9 Å². The van der Waals surface area contributed by atoms with E-state index in [1.165, 1.54) is 116 Å². The van der Waals surface area contributed by atoms with E-state index in [1.54, 1.807) is 0 Å². The van der Waals surface area contributed by atoms with Gasteiger partial charge in [-0.2, -0.15) is 0 Å². The molecule has 0 heterocycles. The molecule has 0 rings (SSSR count). The fraction of sp³-hybridized carbons (Fsp3) is 0.600. The average molecular weight is 1100 g/mol. The number of aliphatic hydroxyl groups excluding tert-OH is 1. The van der Waals surface area contributed by atoms with E-state index in [0.29, 0.717) is 12.8 Å². The van der Waals surface area contributed by atoms with Crippen LogP contribution < -0.4 is 0 Å². The van der Waals surface area contributed by atoms with E-state index in [1.807, 2.05) is 0 Å². The Morgan fingerprint density at radius 3 is 0.750 bits per heavy atom. The second-order valence-corrected chi connectivity index (χ2v) is 21.1. The molecule has 0 radical (unpaired) electrons. The first-order valence-corrected chi connectivity index (χ1v) is 32.7. The molecular formula is C75H120O5. The quantitative estimate of drug-likeness (QED) is 0.0373. The SMILES string of the molecule is CC/C=C\C/C=C\C/C=C\C/C=C\C/C=C\C/C=C\C/C=C\C/C=C\C/C=C\CCCCCCCCCCCCCC(=O)OC(CO)COC(=O)CCCCCCCCCCCCC/C=C\C/C=C\C/C=C\C/C=C\C/C=C\CC. The highest BCUT2D eigenvalue weighted by atomic mass is 16.6. The molecule has 0 fully saturated rings. The number of aliphatic hydroxyl groups is 1. The summed E-state index contributed by atoms with van der Waals surface area (Å²) in [6, 6.07) is 0. The summed E-state index contributed by atoms with van der Waals surface area (Å²) >= 11 is 0. The summed E-state index contributed by atoms with van der Waals surface area (Å²) in [5.41, 5.74) is 0. The van der Waals surface area contributed by atoms with Gasteiger partial charge in [0, 0.05) is 12.8 Å². The molecule has 5 nitrogen and oxygen atoms in total. The van der Waals surface area contributed by atoms with Crippen molar-refractivity contribution in [2.24, 2.45) is 0 Å². The number of allylic oxidation sites excluding steroid dienone is 28. The Kier molecular flexibility index (Phi) is 64.5. The van der Waals surface area contributed by atoms with Crippen molar-refractivity contribution in [2.75, 3.05) is 13.2 Å². The molecule has 80 heavy (non-hydrogen) atoms. The molecule has 0 aliphatic heterocycles. The van der Waals surface area contributed by atoms with Crippen molar-refractivity contribution in [3.05, 3.63) is 170 Å². The fourth-order valence-electron chi connectivity index (χ4n) is 8.69. The molecule has 450 valence electrons. The van der Waals surface area contributed by atoms with Crippen molar-refractivity contribution < 1.29 is 24.2 Å². The molecule has 0 aliphatic rings. The molecular weight excluding hydrogens is 981 g/mol. The third kappa shape index (κ3) is 65.8. The lowest BCUT2D eigenvalue weighted by molar-refractivity contribution is -0.161. The molecule has 0 aliphatic carbocycles. The molecule has 0 amide bonds. The van der Waals surface area contributed by atoms with Gasteiger partial charge in [-0.1, -0.05) is 300 Å². The van der Waals surface area contributed by atoms with E-state index in [0.717, 1.165) is 128 Å². The smallest absolute Gasteiger partial charge is 0.306 e. The Labute approximate surface area is 493 Å². The van der Waals surface area contributed by atoms with Gasteiger partial charge in [-0.25, -0.2) is 0 Å². The Bertz CT molecular complexity index is 1770. The fourth-order valence-corrected chi connectivity index (χ4v) is 8.69. The van der Waals surface area contributed by atoms with E-state index in [-0.39, 0.29) is 25.2 Å². The van der Waals surface area contributed by atoms with E-state index in [9.17, 15) is 14.7 Å². The summed E-state index contributed by atoms with van der Waals surface area (Å²) in [4.78, 5) is 24.6. The maximum atomic E-state index is 12.4. The summed E-state index contributed by atoms with van der Waals surface area (Å²) < 4.78 is 10.7. The highest BCUT2D eigenvalue weighted by Gasteiger charge is 2.16. The topological polar surface area (TPSA) is 72.8 Å². The maximum Gasteiger partial charge on any atom is 0.306 e. The van der Waals surface area contributed by atoms with Crippen LogP contribution in [0.1, 0.15) is 271 Å². The Balaban J connectivity index is 3.56. The van der Waals surface area contributed by atoms with Crippen molar-refractivity contribution in [3.63, 3.8) is 0 Å². The number of esters is 2. The highest BCUT2D eigenvalue weighted by Crippen LogP contribution is 2.15. The van der Waals surface area contributed by atoms with Crippen LogP contribution in [0.4, 0.5) is 0 Å². The Morgan fingerprint density at radius 2 is 0.500 bits per heavy atom. The second-order valence-electron chi connectivity index (χ2n) is 21.1. The maximum absolute atomic E-state index is 12.4. The van der Waals surface area contributed by atoms with Gasteiger partial charge in [0.2, 0.25) is 0 Å². The van der Waals surface area contributed by atoms with Crippen molar-refractivity contribution in [3.8, 4) is 0 Å². The summed E-state index contributed by atoms with van der Waals surface area (Å²) in [6.45, 7) is 3.91. The highest BCUT2D eigenvalue weighted by molar-refractivity contribution is 5.70. The average Bonchev–Trinajstić information content (AvgIpc) is 3.46. The number of carbonyl (C=O) groups excluding carboxylic acids is 2. The van der Waals surface area contributed by atoms with Gasteiger partial charge in [-0.05, 0) is 128 Å². The van der Waals surface area contributed by atoms with Crippen molar-refractivity contribution in [2.45, 2.75) is 277 Å². The van der Waals surface area contributed by atoms with Gasteiger partial charge in [0.15, 0.2) is 6.10 Å². The molecule has 0 aromatic carbocycles. The standard InChI is InChI=1S/C75H120O5/c1-3-5-7-9-11-13-15-17-19-21-23-25-27-29-31-32-33-34-35-36-37-38-39-40-41-42-44-46-48-50-52-54-56-58-60-62-64-66-68-70-75(78)80-73(71-76)72-79-74(77)69-67-65-63-61-59-57-55-53-51-49-47-45-43-30-28-26-24-22-20-18-16-14-12-10-8-6-4-2/h5-8,11-14,17-20,23-26,29-31,33-34,36-37,39-40,42-44,73,76H,3-4,9-10,15-16,21-22,27-28,32,35,38,41,45-72H2,1-2H3/b7-5-,8-6-,13-11-,14-12-,19-17-,20-18-,25-23-,26-24-,31-29-,34-33-,37-36-,40-39-,43-30-,44-42-. The van der Waals surface area contributed by atoms with Crippen LogP contribution in [-0.4, -0.2) is 36.4 Å². The first-order valence-electron chi connectivity index (χ1n) is 32.7. The van der Waals surface area contributed by atoms with Crippen LogP contribution >= 0.6 is 0 Å². The van der Waals surface area contributed by atoms with Crippen LogP contribution in [0.3, 0.4) is 0 Å². The Morgan fingerprint density at radius 1 is 0.287 bits per heavy atom. The minimum absolute atomic E-state index is 0.0773. The van der Waals surface area contributed by atoms with E-state index < -0.39 is 6.10 Å². The predicted molar refractivity (Wildman–Crippen MR) is 352 cm³/mol. The molecule has 0 aromatic rings. The summed E-state index contributed by atoms with van der Waals surface area (Å²) in [7, 11) is 0.